The zero-order chi connectivity index (χ0) is 18.9. The third-order valence-electron chi connectivity index (χ3n) is 3.18. The fraction of sp³-hybridized carbons (Fsp3) is 0.176. The average molecular weight is 397 g/mol. The van der Waals surface area contributed by atoms with Gasteiger partial charge in [-0.05, 0) is 42.0 Å². The number of nitrogens with two attached hydrogens (primary N) is 1. The van der Waals surface area contributed by atoms with Crippen LogP contribution < -0.4 is 11.1 Å². The second-order valence-electron chi connectivity index (χ2n) is 5.23. The molecule has 0 aliphatic heterocycles. The molecule has 0 bridgehead atoms. The minimum Gasteiger partial charge on any atom is -0.410 e. The average Bonchev–Trinajstić information content (AvgIpc) is 2.60. The molecule has 0 saturated heterocycles. The van der Waals surface area contributed by atoms with Crippen LogP contribution in [0.1, 0.15) is 5.56 Å². The Balaban J connectivity index is 1.75. The summed E-state index contributed by atoms with van der Waals surface area (Å²) in [6.07, 6.45) is -0.176. The van der Waals surface area contributed by atoms with Crippen molar-refractivity contribution in [2.45, 2.75) is 11.3 Å². The van der Waals surface area contributed by atoms with Gasteiger partial charge in [-0.3, -0.25) is 4.79 Å². The van der Waals surface area contributed by atoms with Gasteiger partial charge in [0.1, 0.15) is 17.3 Å². The molecule has 0 unspecified atom stereocenters. The molecule has 9 heteroatoms. The number of anilines is 1. The molecule has 2 aromatic rings. The summed E-state index contributed by atoms with van der Waals surface area (Å²) in [6, 6.07) is 10.3. The maximum absolute atomic E-state index is 13.2. The van der Waals surface area contributed by atoms with Crippen molar-refractivity contribution in [1.29, 1.82) is 0 Å². The number of oxime groups is 1. The van der Waals surface area contributed by atoms with E-state index < -0.39 is 17.5 Å². The van der Waals surface area contributed by atoms with Crippen LogP contribution in [0.2, 0.25) is 0 Å². The van der Waals surface area contributed by atoms with E-state index in [0.717, 1.165) is 23.1 Å². The maximum atomic E-state index is 13.2. The minimum atomic E-state index is -0.756. The number of nitrogen functional groups attached to an aromatic ring is 1. The molecule has 1 amide bonds. The first kappa shape index (κ1) is 20.1. The van der Waals surface area contributed by atoms with Gasteiger partial charge in [-0.1, -0.05) is 26.7 Å². The fourth-order valence-electron chi connectivity index (χ4n) is 2.01. The van der Waals surface area contributed by atoms with Gasteiger partial charge in [0, 0.05) is 35.4 Å². The SMILES string of the molecule is Nc1ccc(SSCCNC(=O)/C(Cc2cc(F)cc(F)c2)=N\O)cc1. The monoisotopic (exact) mass is 397 g/mol. The Labute approximate surface area is 157 Å². The smallest absolute Gasteiger partial charge is 0.269 e. The van der Waals surface area contributed by atoms with Crippen LogP contribution in [-0.2, 0) is 11.2 Å². The first-order valence-corrected chi connectivity index (χ1v) is 9.89. The van der Waals surface area contributed by atoms with E-state index in [4.69, 9.17) is 10.9 Å². The van der Waals surface area contributed by atoms with E-state index in [2.05, 4.69) is 10.5 Å². The number of rotatable bonds is 8. The van der Waals surface area contributed by atoms with Crippen LogP contribution in [0.4, 0.5) is 14.5 Å². The summed E-state index contributed by atoms with van der Waals surface area (Å²) in [7, 11) is 3.09. The Bertz CT molecular complexity index is 766. The van der Waals surface area contributed by atoms with Gasteiger partial charge in [-0.15, -0.1) is 0 Å². The van der Waals surface area contributed by atoms with Crippen molar-refractivity contribution in [1.82, 2.24) is 5.32 Å². The second-order valence-corrected chi connectivity index (χ2v) is 7.72. The van der Waals surface area contributed by atoms with Crippen LogP contribution >= 0.6 is 21.6 Å². The molecule has 138 valence electrons. The third-order valence-corrected chi connectivity index (χ3v) is 5.57. The molecule has 4 N–H and O–H groups in total. The van der Waals surface area contributed by atoms with Crippen molar-refractivity contribution in [2.24, 2.45) is 5.16 Å². The molecular formula is C17H17F2N3O2S2. The summed E-state index contributed by atoms with van der Waals surface area (Å²) in [5.74, 6) is -1.48. The lowest BCUT2D eigenvalue weighted by Crippen LogP contribution is -2.33. The highest BCUT2D eigenvalue weighted by Gasteiger charge is 2.14. The number of carbonyl (C=O) groups is 1. The standard InChI is InChI=1S/C17H17F2N3O2S2/c18-12-7-11(8-13(19)10-12)9-16(22-24)17(23)21-5-6-25-26-15-3-1-14(20)2-4-15/h1-4,7-8,10,24H,5-6,9,20H2,(H,21,23)/b22-16-. The van der Waals surface area contributed by atoms with Crippen LogP contribution in [0, 0.1) is 11.6 Å². The van der Waals surface area contributed by atoms with Gasteiger partial charge < -0.3 is 16.3 Å². The van der Waals surface area contributed by atoms with Crippen molar-refractivity contribution in [3.63, 3.8) is 0 Å². The Kier molecular flexibility index (Phi) is 7.73. The Morgan fingerprint density at radius 3 is 2.42 bits per heavy atom. The van der Waals surface area contributed by atoms with E-state index in [9.17, 15) is 13.6 Å². The van der Waals surface area contributed by atoms with Crippen LogP contribution in [0.5, 0.6) is 0 Å². The molecule has 0 aliphatic carbocycles. The van der Waals surface area contributed by atoms with E-state index in [1.807, 2.05) is 24.3 Å². The summed E-state index contributed by atoms with van der Waals surface area (Å²) < 4.78 is 26.4. The molecule has 26 heavy (non-hydrogen) atoms. The van der Waals surface area contributed by atoms with Crippen LogP contribution in [-0.4, -0.2) is 29.1 Å². The molecule has 0 aromatic heterocycles. The van der Waals surface area contributed by atoms with Crippen molar-refractivity contribution in [3.05, 3.63) is 59.7 Å². The highest BCUT2D eigenvalue weighted by atomic mass is 33.1. The lowest BCUT2D eigenvalue weighted by atomic mass is 10.1. The molecule has 0 saturated carbocycles. The molecule has 5 nitrogen and oxygen atoms in total. The highest BCUT2D eigenvalue weighted by Crippen LogP contribution is 2.30. The van der Waals surface area contributed by atoms with Crippen molar-refractivity contribution in [3.8, 4) is 0 Å². The number of nitrogens with one attached hydrogen (secondary N) is 1. The number of carbonyl (C=O) groups excluding carboxylic acids is 1. The zero-order valence-corrected chi connectivity index (χ0v) is 15.2. The van der Waals surface area contributed by atoms with Crippen molar-refractivity contribution >= 4 is 38.9 Å². The largest absolute Gasteiger partial charge is 0.410 e. The lowest BCUT2D eigenvalue weighted by Gasteiger charge is -2.07. The molecule has 0 atom stereocenters. The van der Waals surface area contributed by atoms with Gasteiger partial charge in [-0.2, -0.15) is 0 Å². The molecule has 0 fully saturated rings. The lowest BCUT2D eigenvalue weighted by molar-refractivity contribution is -0.114. The molecule has 2 aromatic carbocycles. The Morgan fingerprint density at radius 2 is 1.81 bits per heavy atom. The molecule has 0 radical (unpaired) electrons. The quantitative estimate of drug-likeness (QED) is 0.159. The van der Waals surface area contributed by atoms with E-state index in [0.29, 0.717) is 18.0 Å². The Hall–Kier alpha value is -2.26. The summed E-state index contributed by atoms with van der Waals surface area (Å²) in [5, 5.41) is 14.5. The van der Waals surface area contributed by atoms with Crippen molar-refractivity contribution in [2.75, 3.05) is 18.0 Å². The normalized spacial score (nSPS) is 11.4. The van der Waals surface area contributed by atoms with Gasteiger partial charge in [0.05, 0.1) is 0 Å². The molecular weight excluding hydrogens is 380 g/mol. The molecule has 0 aliphatic rings. The van der Waals surface area contributed by atoms with Crippen LogP contribution in [0.15, 0.2) is 52.5 Å². The zero-order valence-electron chi connectivity index (χ0n) is 13.6. The van der Waals surface area contributed by atoms with E-state index in [-0.39, 0.29) is 17.7 Å². The predicted molar refractivity (Wildman–Crippen MR) is 101 cm³/mol. The number of hydrogen-bond acceptors (Lipinski definition) is 6. The highest BCUT2D eigenvalue weighted by molar-refractivity contribution is 8.76. The number of hydrogen-bond donors (Lipinski definition) is 3. The first-order valence-electron chi connectivity index (χ1n) is 7.57. The minimum absolute atomic E-state index is 0.176. The van der Waals surface area contributed by atoms with Crippen LogP contribution in [0.3, 0.4) is 0 Å². The van der Waals surface area contributed by atoms with Gasteiger partial charge in [0.2, 0.25) is 0 Å². The van der Waals surface area contributed by atoms with Gasteiger partial charge in [0.15, 0.2) is 0 Å². The van der Waals surface area contributed by atoms with Crippen LogP contribution in [0.25, 0.3) is 0 Å². The summed E-state index contributed by atoms with van der Waals surface area (Å²) in [5.41, 5.74) is 6.30. The van der Waals surface area contributed by atoms with E-state index in [1.54, 1.807) is 21.6 Å². The van der Waals surface area contributed by atoms with Gasteiger partial charge in [-0.25, -0.2) is 8.78 Å². The summed E-state index contributed by atoms with van der Waals surface area (Å²) >= 11 is 0. The number of benzene rings is 2. The van der Waals surface area contributed by atoms with Gasteiger partial charge >= 0.3 is 0 Å². The number of amides is 1. The number of halogens is 2. The fourth-order valence-corrected chi connectivity index (χ4v) is 3.90. The second kappa shape index (κ2) is 10.0. The van der Waals surface area contributed by atoms with E-state index >= 15 is 0 Å². The molecule has 0 spiro atoms. The number of nitrogens with zero attached hydrogens (tertiary/aromatic N) is 1. The van der Waals surface area contributed by atoms with E-state index in [1.165, 1.54) is 0 Å². The molecule has 2 rings (SSSR count). The Morgan fingerprint density at radius 1 is 1.15 bits per heavy atom. The molecule has 0 heterocycles. The van der Waals surface area contributed by atoms with Gasteiger partial charge in [0.25, 0.3) is 5.91 Å². The van der Waals surface area contributed by atoms with Crippen molar-refractivity contribution < 1.29 is 18.8 Å². The third kappa shape index (κ3) is 6.57. The maximum Gasteiger partial charge on any atom is 0.269 e. The topological polar surface area (TPSA) is 87.7 Å². The predicted octanol–water partition coefficient (Wildman–Crippen LogP) is 3.48. The first-order chi connectivity index (χ1) is 12.5. The summed E-state index contributed by atoms with van der Waals surface area (Å²) in [6.45, 7) is 0.349. The summed E-state index contributed by atoms with van der Waals surface area (Å²) in [4.78, 5) is 13.0.